The number of hydrogen-bond acceptors (Lipinski definition) is 5. The predicted octanol–water partition coefficient (Wildman–Crippen LogP) is 3.56. The van der Waals surface area contributed by atoms with Gasteiger partial charge in [-0.2, -0.15) is 4.72 Å². The van der Waals surface area contributed by atoms with Crippen LogP contribution in [0.1, 0.15) is 11.1 Å². The van der Waals surface area contributed by atoms with Gasteiger partial charge in [-0.25, -0.2) is 8.42 Å². The number of halogens is 1. The van der Waals surface area contributed by atoms with Crippen LogP contribution in [0.4, 0.5) is 0 Å². The number of rotatable bonds is 10. The first-order valence-electron chi connectivity index (χ1n) is 10.1. The second-order valence-corrected chi connectivity index (χ2v) is 9.31. The maximum atomic E-state index is 13.1. The minimum atomic E-state index is -4.05. The van der Waals surface area contributed by atoms with Crippen LogP contribution in [0.2, 0.25) is 5.02 Å². The number of methoxy groups -OCH3 is 2. The zero-order valence-electron chi connectivity index (χ0n) is 18.2. The first-order chi connectivity index (χ1) is 15.8. The Bertz CT molecular complexity index is 1200. The van der Waals surface area contributed by atoms with E-state index in [0.717, 1.165) is 11.1 Å². The van der Waals surface area contributed by atoms with Gasteiger partial charge in [-0.15, -0.1) is 0 Å². The van der Waals surface area contributed by atoms with Crippen LogP contribution in [-0.4, -0.2) is 34.6 Å². The van der Waals surface area contributed by atoms with Crippen LogP contribution in [0.25, 0.3) is 0 Å². The van der Waals surface area contributed by atoms with E-state index in [-0.39, 0.29) is 23.6 Å². The van der Waals surface area contributed by atoms with Crippen LogP contribution in [-0.2, 0) is 27.8 Å². The van der Waals surface area contributed by atoms with Crippen molar-refractivity contribution in [2.45, 2.75) is 23.9 Å². The van der Waals surface area contributed by atoms with Crippen molar-refractivity contribution in [3.8, 4) is 11.5 Å². The van der Waals surface area contributed by atoms with Gasteiger partial charge in [-0.3, -0.25) is 4.79 Å². The van der Waals surface area contributed by atoms with E-state index in [1.54, 1.807) is 18.2 Å². The summed E-state index contributed by atoms with van der Waals surface area (Å²) >= 11 is 6.17. The van der Waals surface area contributed by atoms with Gasteiger partial charge in [0.1, 0.15) is 6.04 Å². The van der Waals surface area contributed by atoms with Gasteiger partial charge in [0.2, 0.25) is 15.9 Å². The highest BCUT2D eigenvalue weighted by Crippen LogP contribution is 2.29. The highest BCUT2D eigenvalue weighted by atomic mass is 35.5. The lowest BCUT2D eigenvalue weighted by Crippen LogP contribution is -2.47. The highest BCUT2D eigenvalue weighted by Gasteiger charge is 2.27. The summed E-state index contributed by atoms with van der Waals surface area (Å²) in [5, 5.41) is 3.30. The number of hydrogen-bond donors (Lipinski definition) is 2. The van der Waals surface area contributed by atoms with Crippen molar-refractivity contribution in [3.63, 3.8) is 0 Å². The van der Waals surface area contributed by atoms with Crippen molar-refractivity contribution in [2.24, 2.45) is 0 Å². The third-order valence-electron chi connectivity index (χ3n) is 4.97. The maximum Gasteiger partial charge on any atom is 0.241 e. The smallest absolute Gasteiger partial charge is 0.241 e. The predicted molar refractivity (Wildman–Crippen MR) is 127 cm³/mol. The molecule has 0 fully saturated rings. The summed E-state index contributed by atoms with van der Waals surface area (Å²) in [6, 6.07) is 19.5. The molecular formula is C24H25ClN2O5S. The van der Waals surface area contributed by atoms with Gasteiger partial charge >= 0.3 is 0 Å². The molecule has 0 heterocycles. The number of sulfonamides is 1. The molecular weight excluding hydrogens is 464 g/mol. The molecule has 1 amide bonds. The first kappa shape index (κ1) is 24.6. The Kier molecular flexibility index (Phi) is 8.32. The van der Waals surface area contributed by atoms with Crippen LogP contribution in [0.5, 0.6) is 11.5 Å². The van der Waals surface area contributed by atoms with E-state index in [1.807, 2.05) is 36.4 Å². The second kappa shape index (κ2) is 11.2. The van der Waals surface area contributed by atoms with E-state index in [0.29, 0.717) is 10.8 Å². The van der Waals surface area contributed by atoms with Gasteiger partial charge < -0.3 is 14.8 Å². The lowest BCUT2D eigenvalue weighted by Gasteiger charge is -2.19. The fourth-order valence-corrected chi connectivity index (χ4v) is 4.64. The number of amides is 1. The molecule has 1 atom stereocenters. The van der Waals surface area contributed by atoms with Crippen LogP contribution in [0.15, 0.2) is 77.7 Å². The molecule has 0 aliphatic heterocycles. The molecule has 0 aliphatic rings. The molecule has 0 spiro atoms. The van der Waals surface area contributed by atoms with E-state index in [2.05, 4.69) is 10.0 Å². The fourth-order valence-electron chi connectivity index (χ4n) is 3.22. The zero-order chi connectivity index (χ0) is 23.8. The average Bonchev–Trinajstić information content (AvgIpc) is 2.83. The molecule has 3 aromatic rings. The molecule has 0 saturated carbocycles. The van der Waals surface area contributed by atoms with Gasteiger partial charge in [0, 0.05) is 17.6 Å². The standard InChI is InChI=1S/C24H25ClN2O5S/c1-31-22-13-12-19(15-23(22)32-2)33(29,30)27-21(14-17-8-4-3-5-9-17)24(28)26-16-18-10-6-7-11-20(18)25/h3-13,15,21,27H,14,16H2,1-2H3,(H,26,28)/t21-/m1/s1. The number of carbonyl (C=O) groups excluding carboxylic acids is 1. The van der Waals surface area contributed by atoms with E-state index < -0.39 is 22.0 Å². The van der Waals surface area contributed by atoms with E-state index >= 15 is 0 Å². The fraction of sp³-hybridized carbons (Fsp3) is 0.208. The number of nitrogens with one attached hydrogen (secondary N) is 2. The summed E-state index contributed by atoms with van der Waals surface area (Å²) in [4.78, 5) is 13.0. The molecule has 7 nitrogen and oxygen atoms in total. The van der Waals surface area contributed by atoms with Crippen molar-refractivity contribution in [3.05, 3.63) is 88.9 Å². The Labute approximate surface area is 198 Å². The van der Waals surface area contributed by atoms with Crippen molar-refractivity contribution in [2.75, 3.05) is 14.2 Å². The lowest BCUT2D eigenvalue weighted by molar-refractivity contribution is -0.122. The van der Waals surface area contributed by atoms with E-state index in [9.17, 15) is 13.2 Å². The molecule has 0 radical (unpaired) electrons. The largest absolute Gasteiger partial charge is 0.493 e. The first-order valence-corrected chi connectivity index (χ1v) is 12.0. The molecule has 0 aliphatic carbocycles. The highest BCUT2D eigenvalue weighted by molar-refractivity contribution is 7.89. The molecule has 2 N–H and O–H groups in total. The third-order valence-corrected chi connectivity index (χ3v) is 6.81. The van der Waals surface area contributed by atoms with Crippen molar-refractivity contribution in [1.29, 1.82) is 0 Å². The molecule has 0 unspecified atom stereocenters. The third kappa shape index (κ3) is 6.47. The number of benzene rings is 3. The van der Waals surface area contributed by atoms with Crippen molar-refractivity contribution in [1.82, 2.24) is 10.0 Å². The Morgan fingerprint density at radius 1 is 0.939 bits per heavy atom. The quantitative estimate of drug-likeness (QED) is 0.455. The molecule has 0 bridgehead atoms. The summed E-state index contributed by atoms with van der Waals surface area (Å²) in [6.45, 7) is 0.169. The SMILES string of the molecule is COc1ccc(S(=O)(=O)N[C@H](Cc2ccccc2)C(=O)NCc2ccccc2Cl)cc1OC. The topological polar surface area (TPSA) is 93.7 Å². The lowest BCUT2D eigenvalue weighted by atomic mass is 10.1. The monoisotopic (exact) mass is 488 g/mol. The Morgan fingerprint density at radius 2 is 1.61 bits per heavy atom. The summed E-state index contributed by atoms with van der Waals surface area (Å²) < 4.78 is 39.2. The summed E-state index contributed by atoms with van der Waals surface area (Å²) in [5.41, 5.74) is 1.54. The molecule has 0 saturated heterocycles. The normalized spacial score (nSPS) is 12.1. The van der Waals surface area contributed by atoms with E-state index in [4.69, 9.17) is 21.1 Å². The van der Waals surface area contributed by atoms with Crippen LogP contribution >= 0.6 is 11.6 Å². The summed E-state index contributed by atoms with van der Waals surface area (Å²) in [7, 11) is -1.17. The van der Waals surface area contributed by atoms with Gasteiger partial charge in [-0.1, -0.05) is 60.1 Å². The number of carbonyl (C=O) groups is 1. The van der Waals surface area contributed by atoms with Crippen LogP contribution in [0.3, 0.4) is 0 Å². The number of ether oxygens (including phenoxy) is 2. The zero-order valence-corrected chi connectivity index (χ0v) is 19.8. The molecule has 0 aromatic heterocycles. The molecule has 33 heavy (non-hydrogen) atoms. The van der Waals surface area contributed by atoms with Gasteiger partial charge in [0.05, 0.1) is 19.1 Å². The molecule has 9 heteroatoms. The second-order valence-electron chi connectivity index (χ2n) is 7.19. The average molecular weight is 489 g/mol. The summed E-state index contributed by atoms with van der Waals surface area (Å²) in [5.74, 6) is 0.195. The molecule has 174 valence electrons. The van der Waals surface area contributed by atoms with Crippen molar-refractivity contribution < 1.29 is 22.7 Å². The maximum absolute atomic E-state index is 13.1. The van der Waals surface area contributed by atoms with Gasteiger partial charge in [-0.05, 0) is 35.7 Å². The molecule has 3 rings (SSSR count). The minimum absolute atomic E-state index is 0.0443. The minimum Gasteiger partial charge on any atom is -0.493 e. The molecule has 3 aromatic carbocycles. The Hall–Kier alpha value is -3.07. The summed E-state index contributed by atoms with van der Waals surface area (Å²) in [6.07, 6.45) is 0.168. The Morgan fingerprint density at radius 3 is 2.27 bits per heavy atom. The van der Waals surface area contributed by atoms with Crippen molar-refractivity contribution >= 4 is 27.5 Å². The van der Waals surface area contributed by atoms with Crippen LogP contribution < -0.4 is 19.5 Å². The van der Waals surface area contributed by atoms with Gasteiger partial charge in [0.25, 0.3) is 0 Å². The van der Waals surface area contributed by atoms with E-state index in [1.165, 1.54) is 32.4 Å². The van der Waals surface area contributed by atoms with Crippen LogP contribution in [0, 0.1) is 0 Å². The van der Waals surface area contributed by atoms with Gasteiger partial charge in [0.15, 0.2) is 11.5 Å². The Balaban J connectivity index is 1.84.